The number of aromatic nitrogens is 4. The highest BCUT2D eigenvalue weighted by atomic mass is 16.5. The van der Waals surface area contributed by atoms with Crippen molar-refractivity contribution < 1.29 is 28.2 Å². The Bertz CT molecular complexity index is 1290. The predicted molar refractivity (Wildman–Crippen MR) is 123 cm³/mol. The summed E-state index contributed by atoms with van der Waals surface area (Å²) < 4.78 is 24.5. The Morgan fingerprint density at radius 1 is 1.03 bits per heavy atom. The minimum absolute atomic E-state index is 0.0113. The van der Waals surface area contributed by atoms with Crippen LogP contribution < -0.4 is 24.8 Å². The Labute approximate surface area is 200 Å². The largest absolute Gasteiger partial charge is 0.493 e. The SMILES string of the molecule is COc1cccc(OC)c1OCn1ccc(C(=O)Nc2cn(C)nc2C(=O)NCc2ccco2)n1. The lowest BCUT2D eigenvalue weighted by Crippen LogP contribution is -2.25. The van der Waals surface area contributed by atoms with Gasteiger partial charge in [0.25, 0.3) is 11.8 Å². The molecule has 0 atom stereocenters. The number of carbonyl (C=O) groups excluding carboxylic acids is 2. The molecule has 0 saturated heterocycles. The maximum atomic E-state index is 12.8. The maximum absolute atomic E-state index is 12.8. The Balaban J connectivity index is 1.40. The van der Waals surface area contributed by atoms with E-state index >= 15 is 0 Å². The van der Waals surface area contributed by atoms with Crippen LogP contribution in [0.1, 0.15) is 26.7 Å². The van der Waals surface area contributed by atoms with Crippen molar-refractivity contribution in [2.75, 3.05) is 19.5 Å². The number of ether oxygens (including phenoxy) is 3. The van der Waals surface area contributed by atoms with Crippen molar-refractivity contribution in [1.82, 2.24) is 24.9 Å². The van der Waals surface area contributed by atoms with E-state index in [4.69, 9.17) is 18.6 Å². The molecule has 0 spiro atoms. The molecule has 35 heavy (non-hydrogen) atoms. The van der Waals surface area contributed by atoms with Crippen molar-refractivity contribution in [1.29, 1.82) is 0 Å². The van der Waals surface area contributed by atoms with Gasteiger partial charge >= 0.3 is 0 Å². The van der Waals surface area contributed by atoms with Gasteiger partial charge in [-0.15, -0.1) is 0 Å². The van der Waals surface area contributed by atoms with E-state index in [1.54, 1.807) is 43.6 Å². The molecule has 1 aromatic carbocycles. The van der Waals surface area contributed by atoms with Gasteiger partial charge < -0.3 is 29.3 Å². The molecule has 0 unspecified atom stereocenters. The fraction of sp³-hybridized carbons (Fsp3) is 0.217. The van der Waals surface area contributed by atoms with Crippen molar-refractivity contribution in [2.24, 2.45) is 7.05 Å². The summed E-state index contributed by atoms with van der Waals surface area (Å²) >= 11 is 0. The lowest BCUT2D eigenvalue weighted by molar-refractivity contribution is 0.0943. The van der Waals surface area contributed by atoms with E-state index in [2.05, 4.69) is 20.8 Å². The van der Waals surface area contributed by atoms with Crippen LogP contribution in [0.5, 0.6) is 17.2 Å². The highest BCUT2D eigenvalue weighted by molar-refractivity contribution is 6.07. The summed E-state index contributed by atoms with van der Waals surface area (Å²) in [7, 11) is 4.71. The van der Waals surface area contributed by atoms with Gasteiger partial charge in [-0.3, -0.25) is 14.3 Å². The molecule has 0 aliphatic carbocycles. The number of hydrogen-bond donors (Lipinski definition) is 2. The molecule has 182 valence electrons. The molecule has 0 saturated carbocycles. The second-order valence-corrected chi connectivity index (χ2v) is 7.29. The number of nitrogens with one attached hydrogen (secondary N) is 2. The fourth-order valence-corrected chi connectivity index (χ4v) is 3.24. The number of aryl methyl sites for hydroxylation is 1. The van der Waals surface area contributed by atoms with E-state index in [0.717, 1.165) is 0 Å². The average molecular weight is 480 g/mol. The zero-order valence-electron chi connectivity index (χ0n) is 19.3. The maximum Gasteiger partial charge on any atom is 0.276 e. The summed E-state index contributed by atoms with van der Waals surface area (Å²) in [6.45, 7) is 0.203. The highest BCUT2D eigenvalue weighted by Crippen LogP contribution is 2.36. The van der Waals surface area contributed by atoms with Gasteiger partial charge in [-0.05, 0) is 30.3 Å². The van der Waals surface area contributed by atoms with E-state index in [1.807, 2.05) is 0 Å². The van der Waals surface area contributed by atoms with Crippen molar-refractivity contribution in [3.63, 3.8) is 0 Å². The number of rotatable bonds is 10. The molecule has 12 nitrogen and oxygen atoms in total. The van der Waals surface area contributed by atoms with Crippen molar-refractivity contribution in [3.8, 4) is 17.2 Å². The lowest BCUT2D eigenvalue weighted by atomic mass is 10.3. The van der Waals surface area contributed by atoms with Gasteiger partial charge in [-0.1, -0.05) is 6.07 Å². The molecule has 0 aliphatic heterocycles. The van der Waals surface area contributed by atoms with Gasteiger partial charge in [0.1, 0.15) is 5.76 Å². The van der Waals surface area contributed by atoms with Crippen LogP contribution in [-0.2, 0) is 20.3 Å². The van der Waals surface area contributed by atoms with Gasteiger partial charge in [0.05, 0.1) is 32.7 Å². The molecule has 12 heteroatoms. The number of amides is 2. The summed E-state index contributed by atoms with van der Waals surface area (Å²) in [6.07, 6.45) is 4.65. The number of benzene rings is 1. The minimum atomic E-state index is -0.508. The van der Waals surface area contributed by atoms with E-state index in [0.29, 0.717) is 23.0 Å². The molecule has 4 aromatic rings. The molecule has 2 amide bonds. The first-order valence-corrected chi connectivity index (χ1v) is 10.5. The van der Waals surface area contributed by atoms with Crippen molar-refractivity contribution in [2.45, 2.75) is 13.3 Å². The van der Waals surface area contributed by atoms with Gasteiger partial charge in [0, 0.05) is 19.4 Å². The summed E-state index contributed by atoms with van der Waals surface area (Å²) in [5.74, 6) is 1.06. The van der Waals surface area contributed by atoms with E-state index in [1.165, 1.54) is 42.1 Å². The van der Waals surface area contributed by atoms with Gasteiger partial charge in [0.2, 0.25) is 5.75 Å². The number of para-hydroxylation sites is 1. The molecular formula is C23H24N6O6. The molecule has 0 aliphatic rings. The Morgan fingerprint density at radius 3 is 2.49 bits per heavy atom. The number of anilines is 1. The second kappa shape index (κ2) is 10.5. The summed E-state index contributed by atoms with van der Waals surface area (Å²) in [6, 6.07) is 10.3. The lowest BCUT2D eigenvalue weighted by Gasteiger charge is -2.13. The van der Waals surface area contributed by atoms with E-state index < -0.39 is 11.8 Å². The first-order valence-electron chi connectivity index (χ1n) is 10.5. The fourth-order valence-electron chi connectivity index (χ4n) is 3.24. The topological polar surface area (TPSA) is 135 Å². The standard InChI is InChI=1S/C23H24N6O6/c1-28-13-17(20(27-28)23(31)24-12-15-6-5-11-34-15)25-22(30)16-9-10-29(26-16)14-35-21-18(32-2)7-4-8-19(21)33-3/h4-11,13H,12,14H2,1-3H3,(H,24,31)(H,25,30). The Hall–Kier alpha value is -4.74. The van der Waals surface area contributed by atoms with Crippen LogP contribution in [0.4, 0.5) is 5.69 Å². The molecule has 3 heterocycles. The van der Waals surface area contributed by atoms with E-state index in [-0.39, 0.29) is 30.4 Å². The molecule has 0 radical (unpaired) electrons. The van der Waals surface area contributed by atoms with Gasteiger partial charge in [-0.2, -0.15) is 10.2 Å². The van der Waals surface area contributed by atoms with Gasteiger partial charge in [0.15, 0.2) is 29.6 Å². The number of nitrogens with zero attached hydrogens (tertiary/aromatic N) is 4. The number of methoxy groups -OCH3 is 2. The molecule has 4 rings (SSSR count). The number of furan rings is 1. The van der Waals surface area contributed by atoms with Crippen molar-refractivity contribution in [3.05, 3.63) is 72.2 Å². The molecule has 3 aromatic heterocycles. The Morgan fingerprint density at radius 2 is 1.80 bits per heavy atom. The predicted octanol–water partition coefficient (Wildman–Crippen LogP) is 2.45. The van der Waals surface area contributed by atoms with Crippen molar-refractivity contribution >= 4 is 17.5 Å². The van der Waals surface area contributed by atoms with Gasteiger partial charge in [-0.25, -0.2) is 4.68 Å². The van der Waals surface area contributed by atoms with Crippen LogP contribution in [0.3, 0.4) is 0 Å². The quantitative estimate of drug-likeness (QED) is 0.353. The smallest absolute Gasteiger partial charge is 0.276 e. The normalized spacial score (nSPS) is 10.6. The first-order chi connectivity index (χ1) is 17.0. The zero-order chi connectivity index (χ0) is 24.8. The summed E-state index contributed by atoms with van der Waals surface area (Å²) in [4.78, 5) is 25.4. The first kappa shape index (κ1) is 23.4. The van der Waals surface area contributed by atoms with Crippen LogP contribution in [0, 0.1) is 0 Å². The van der Waals surface area contributed by atoms with Crippen LogP contribution in [-0.4, -0.2) is 45.6 Å². The molecular weight excluding hydrogens is 456 g/mol. The minimum Gasteiger partial charge on any atom is -0.493 e. The Kier molecular flexibility index (Phi) is 7.00. The van der Waals surface area contributed by atoms with Crippen LogP contribution in [0.15, 0.2) is 59.5 Å². The third kappa shape index (κ3) is 5.43. The molecule has 2 N–H and O–H groups in total. The molecule has 0 bridgehead atoms. The molecule has 0 fully saturated rings. The van der Waals surface area contributed by atoms with Crippen LogP contribution in [0.2, 0.25) is 0 Å². The monoisotopic (exact) mass is 480 g/mol. The second-order valence-electron chi connectivity index (χ2n) is 7.29. The number of carbonyl (C=O) groups is 2. The average Bonchev–Trinajstić information content (AvgIpc) is 3.62. The third-order valence-corrected chi connectivity index (χ3v) is 4.89. The third-order valence-electron chi connectivity index (χ3n) is 4.89. The van der Waals surface area contributed by atoms with Crippen LogP contribution >= 0.6 is 0 Å². The summed E-state index contributed by atoms with van der Waals surface area (Å²) in [5.41, 5.74) is 0.448. The number of hydrogen-bond acceptors (Lipinski definition) is 8. The van der Waals surface area contributed by atoms with Crippen LogP contribution in [0.25, 0.3) is 0 Å². The zero-order valence-corrected chi connectivity index (χ0v) is 19.3. The highest BCUT2D eigenvalue weighted by Gasteiger charge is 2.20. The summed E-state index contributed by atoms with van der Waals surface area (Å²) in [5, 5.41) is 13.8. The van der Waals surface area contributed by atoms with E-state index in [9.17, 15) is 9.59 Å².